The zero-order valence-corrected chi connectivity index (χ0v) is 11.3. The lowest BCUT2D eigenvalue weighted by Gasteiger charge is -2.21. The van der Waals surface area contributed by atoms with Gasteiger partial charge >= 0.3 is 0 Å². The van der Waals surface area contributed by atoms with E-state index in [-0.39, 0.29) is 0 Å². The standard InChI is InChI=1S/C16H17NO3/c1-11-5-6-13(9-14(11)18)17-10-12-3-2-4-15-16(12)20-8-7-19-15/h2-6,9,17-18H,7-8,10H2,1H3. The predicted octanol–water partition coefficient (Wildman–Crippen LogP) is 3.08. The highest BCUT2D eigenvalue weighted by Gasteiger charge is 2.15. The summed E-state index contributed by atoms with van der Waals surface area (Å²) in [5.74, 6) is 1.90. The van der Waals surface area contributed by atoms with Gasteiger partial charge in [-0.1, -0.05) is 18.2 Å². The molecule has 0 atom stereocenters. The van der Waals surface area contributed by atoms with Gasteiger partial charge < -0.3 is 19.9 Å². The molecular formula is C16H17NO3. The van der Waals surface area contributed by atoms with Crippen LogP contribution in [0.3, 0.4) is 0 Å². The molecule has 3 rings (SSSR count). The maximum atomic E-state index is 9.70. The van der Waals surface area contributed by atoms with Gasteiger partial charge in [-0.05, 0) is 24.6 Å². The fourth-order valence-electron chi connectivity index (χ4n) is 2.19. The molecule has 0 amide bonds. The van der Waals surface area contributed by atoms with Gasteiger partial charge in [0.25, 0.3) is 0 Å². The third-order valence-electron chi connectivity index (χ3n) is 3.34. The summed E-state index contributed by atoms with van der Waals surface area (Å²) < 4.78 is 11.2. The molecule has 4 nitrogen and oxygen atoms in total. The average molecular weight is 271 g/mol. The molecule has 1 aliphatic rings. The van der Waals surface area contributed by atoms with Gasteiger partial charge in [0.15, 0.2) is 11.5 Å². The van der Waals surface area contributed by atoms with Gasteiger partial charge in [0.05, 0.1) is 0 Å². The first-order valence-corrected chi connectivity index (χ1v) is 6.65. The average Bonchev–Trinajstić information content (AvgIpc) is 2.48. The Hall–Kier alpha value is -2.36. The Labute approximate surface area is 118 Å². The molecule has 0 aromatic heterocycles. The minimum atomic E-state index is 0.296. The highest BCUT2D eigenvalue weighted by atomic mass is 16.6. The summed E-state index contributed by atoms with van der Waals surface area (Å²) in [5.41, 5.74) is 2.79. The van der Waals surface area contributed by atoms with E-state index in [2.05, 4.69) is 5.32 Å². The molecule has 2 aromatic carbocycles. The zero-order chi connectivity index (χ0) is 13.9. The van der Waals surface area contributed by atoms with E-state index in [1.807, 2.05) is 37.3 Å². The fraction of sp³-hybridized carbons (Fsp3) is 0.250. The molecule has 1 aliphatic heterocycles. The number of aryl methyl sites for hydroxylation is 1. The third kappa shape index (κ3) is 2.50. The molecule has 104 valence electrons. The van der Waals surface area contributed by atoms with Gasteiger partial charge in [-0.25, -0.2) is 0 Å². The summed E-state index contributed by atoms with van der Waals surface area (Å²) in [6, 6.07) is 11.4. The van der Waals surface area contributed by atoms with Gasteiger partial charge in [0.1, 0.15) is 19.0 Å². The van der Waals surface area contributed by atoms with Crippen LogP contribution in [0.2, 0.25) is 0 Å². The Bertz CT molecular complexity index is 625. The maximum Gasteiger partial charge on any atom is 0.166 e. The molecule has 0 spiro atoms. The quantitative estimate of drug-likeness (QED) is 0.900. The Morgan fingerprint density at radius 2 is 2.00 bits per heavy atom. The lowest BCUT2D eigenvalue weighted by Crippen LogP contribution is -2.17. The number of hydrogen-bond acceptors (Lipinski definition) is 4. The first kappa shape index (κ1) is 12.7. The molecule has 0 bridgehead atoms. The molecule has 0 unspecified atom stereocenters. The Balaban J connectivity index is 1.76. The van der Waals surface area contributed by atoms with E-state index in [0.29, 0.717) is 25.5 Å². The molecule has 0 aliphatic carbocycles. The Morgan fingerprint density at radius 3 is 2.85 bits per heavy atom. The summed E-state index contributed by atoms with van der Waals surface area (Å²) in [7, 11) is 0. The van der Waals surface area contributed by atoms with Gasteiger partial charge in [-0.2, -0.15) is 0 Å². The van der Waals surface area contributed by atoms with Crippen molar-refractivity contribution >= 4 is 5.69 Å². The SMILES string of the molecule is Cc1ccc(NCc2cccc3c2OCCO3)cc1O. The van der Waals surface area contributed by atoms with E-state index in [1.54, 1.807) is 6.07 Å². The molecule has 0 fully saturated rings. The van der Waals surface area contributed by atoms with Crippen LogP contribution < -0.4 is 14.8 Å². The molecule has 0 saturated carbocycles. The second-order valence-corrected chi connectivity index (χ2v) is 4.80. The Kier molecular flexibility index (Phi) is 3.37. The van der Waals surface area contributed by atoms with Crippen LogP contribution in [-0.4, -0.2) is 18.3 Å². The number of anilines is 1. The van der Waals surface area contributed by atoms with Crippen molar-refractivity contribution in [3.05, 3.63) is 47.5 Å². The predicted molar refractivity (Wildman–Crippen MR) is 77.6 cm³/mol. The fourth-order valence-corrected chi connectivity index (χ4v) is 2.19. The van der Waals surface area contributed by atoms with Crippen LogP contribution in [0.25, 0.3) is 0 Å². The van der Waals surface area contributed by atoms with E-state index in [1.165, 1.54) is 0 Å². The van der Waals surface area contributed by atoms with Crippen molar-refractivity contribution in [1.82, 2.24) is 0 Å². The minimum absolute atomic E-state index is 0.296. The van der Waals surface area contributed by atoms with Crippen molar-refractivity contribution in [2.75, 3.05) is 18.5 Å². The maximum absolute atomic E-state index is 9.70. The second-order valence-electron chi connectivity index (χ2n) is 4.80. The minimum Gasteiger partial charge on any atom is -0.508 e. The van der Waals surface area contributed by atoms with Crippen molar-refractivity contribution in [3.63, 3.8) is 0 Å². The van der Waals surface area contributed by atoms with Crippen LogP contribution in [0.5, 0.6) is 17.2 Å². The van der Waals surface area contributed by atoms with Crippen LogP contribution in [0.15, 0.2) is 36.4 Å². The molecular weight excluding hydrogens is 254 g/mol. The number of ether oxygens (including phenoxy) is 2. The topological polar surface area (TPSA) is 50.7 Å². The van der Waals surface area contributed by atoms with Crippen LogP contribution >= 0.6 is 0 Å². The lowest BCUT2D eigenvalue weighted by atomic mass is 10.1. The number of aromatic hydroxyl groups is 1. The molecule has 0 saturated heterocycles. The number of para-hydroxylation sites is 1. The third-order valence-corrected chi connectivity index (χ3v) is 3.34. The van der Waals surface area contributed by atoms with E-state index in [4.69, 9.17) is 9.47 Å². The van der Waals surface area contributed by atoms with E-state index < -0.39 is 0 Å². The van der Waals surface area contributed by atoms with Gasteiger partial charge in [-0.15, -0.1) is 0 Å². The normalized spacial score (nSPS) is 13.1. The van der Waals surface area contributed by atoms with Crippen molar-refractivity contribution in [2.24, 2.45) is 0 Å². The van der Waals surface area contributed by atoms with Gasteiger partial charge in [0, 0.05) is 23.9 Å². The first-order valence-electron chi connectivity index (χ1n) is 6.65. The van der Waals surface area contributed by atoms with Crippen LogP contribution in [-0.2, 0) is 6.54 Å². The van der Waals surface area contributed by atoms with Crippen LogP contribution in [0.1, 0.15) is 11.1 Å². The highest BCUT2D eigenvalue weighted by Crippen LogP contribution is 2.34. The molecule has 20 heavy (non-hydrogen) atoms. The zero-order valence-electron chi connectivity index (χ0n) is 11.3. The van der Waals surface area contributed by atoms with Crippen LogP contribution in [0, 0.1) is 6.92 Å². The van der Waals surface area contributed by atoms with E-state index >= 15 is 0 Å². The van der Waals surface area contributed by atoms with E-state index in [0.717, 1.165) is 28.3 Å². The first-order chi connectivity index (χ1) is 9.74. The van der Waals surface area contributed by atoms with Crippen molar-refractivity contribution in [3.8, 4) is 17.2 Å². The number of fused-ring (bicyclic) bond motifs is 1. The summed E-state index contributed by atoms with van der Waals surface area (Å²) in [6.07, 6.45) is 0. The van der Waals surface area contributed by atoms with Crippen LogP contribution in [0.4, 0.5) is 5.69 Å². The lowest BCUT2D eigenvalue weighted by molar-refractivity contribution is 0.170. The second kappa shape index (κ2) is 5.33. The molecule has 2 aromatic rings. The summed E-state index contributed by atoms with van der Waals surface area (Å²) in [4.78, 5) is 0. The summed E-state index contributed by atoms with van der Waals surface area (Å²) in [5, 5.41) is 13.0. The molecule has 2 N–H and O–H groups in total. The largest absolute Gasteiger partial charge is 0.508 e. The summed E-state index contributed by atoms with van der Waals surface area (Å²) >= 11 is 0. The van der Waals surface area contributed by atoms with E-state index in [9.17, 15) is 5.11 Å². The molecule has 1 heterocycles. The molecule has 0 radical (unpaired) electrons. The van der Waals surface area contributed by atoms with Gasteiger partial charge in [-0.3, -0.25) is 0 Å². The summed E-state index contributed by atoms with van der Waals surface area (Å²) in [6.45, 7) is 3.66. The van der Waals surface area contributed by atoms with Crippen molar-refractivity contribution in [1.29, 1.82) is 0 Å². The monoisotopic (exact) mass is 271 g/mol. The number of benzene rings is 2. The van der Waals surface area contributed by atoms with Gasteiger partial charge in [0.2, 0.25) is 0 Å². The number of phenols is 1. The van der Waals surface area contributed by atoms with Crippen molar-refractivity contribution in [2.45, 2.75) is 13.5 Å². The number of nitrogens with one attached hydrogen (secondary N) is 1. The molecule has 4 heteroatoms. The van der Waals surface area contributed by atoms with Crippen molar-refractivity contribution < 1.29 is 14.6 Å². The highest BCUT2D eigenvalue weighted by molar-refractivity contribution is 5.53. The number of rotatable bonds is 3. The number of phenolic OH excluding ortho intramolecular Hbond substituents is 1. The smallest absolute Gasteiger partial charge is 0.166 e. The number of hydrogen-bond donors (Lipinski definition) is 2. The Morgan fingerprint density at radius 1 is 1.15 bits per heavy atom.